The van der Waals surface area contributed by atoms with Gasteiger partial charge in [0.1, 0.15) is 5.69 Å². The highest BCUT2D eigenvalue weighted by atomic mass is 16.6. The van der Waals surface area contributed by atoms with Crippen LogP contribution in [0.2, 0.25) is 0 Å². The van der Waals surface area contributed by atoms with Crippen LogP contribution in [0.3, 0.4) is 0 Å². The summed E-state index contributed by atoms with van der Waals surface area (Å²) in [6.45, 7) is 7.00. The van der Waals surface area contributed by atoms with Crippen LogP contribution in [0.15, 0.2) is 30.3 Å². The maximum Gasteiger partial charge on any atom is 0.323 e. The Labute approximate surface area is 152 Å². The van der Waals surface area contributed by atoms with Crippen molar-refractivity contribution in [2.75, 3.05) is 13.1 Å². The summed E-state index contributed by atoms with van der Waals surface area (Å²) in [4.78, 5) is 25.5. The summed E-state index contributed by atoms with van der Waals surface area (Å²) in [6, 6.07) is 10.3. The molecule has 0 bridgehead atoms. The number of H-pyrrole nitrogens is 1. The summed E-state index contributed by atoms with van der Waals surface area (Å²) in [5.41, 5.74) is 1.39. The van der Waals surface area contributed by atoms with Gasteiger partial charge in [0.2, 0.25) is 5.69 Å². The Kier molecular flexibility index (Phi) is 4.80. The predicted molar refractivity (Wildman–Crippen MR) is 98.3 cm³/mol. The smallest absolute Gasteiger partial charge is 0.323 e. The number of nitro groups is 1. The number of aromatic nitrogens is 2. The van der Waals surface area contributed by atoms with Gasteiger partial charge in [0.15, 0.2) is 0 Å². The average molecular weight is 356 g/mol. The molecule has 26 heavy (non-hydrogen) atoms. The van der Waals surface area contributed by atoms with Gasteiger partial charge in [0.05, 0.1) is 4.92 Å². The van der Waals surface area contributed by atoms with E-state index in [0.29, 0.717) is 18.8 Å². The van der Waals surface area contributed by atoms with Crippen molar-refractivity contribution < 1.29 is 9.72 Å². The van der Waals surface area contributed by atoms with E-state index >= 15 is 0 Å². The molecule has 0 spiro atoms. The molecule has 1 N–H and O–H groups in total. The number of piperidine rings is 1. The van der Waals surface area contributed by atoms with E-state index in [-0.39, 0.29) is 28.6 Å². The molecule has 1 aliphatic rings. The quantitative estimate of drug-likeness (QED) is 0.669. The summed E-state index contributed by atoms with van der Waals surface area (Å²) in [5.74, 6) is -0.470. The third kappa shape index (κ3) is 3.21. The number of carbonyl (C=O) groups is 1. The van der Waals surface area contributed by atoms with E-state index in [1.807, 2.05) is 32.0 Å². The van der Waals surface area contributed by atoms with Gasteiger partial charge in [-0.2, -0.15) is 5.10 Å². The Balaban J connectivity index is 1.78. The molecule has 1 aromatic heterocycles. The van der Waals surface area contributed by atoms with Gasteiger partial charge in [-0.1, -0.05) is 51.1 Å². The first-order valence-electron chi connectivity index (χ1n) is 8.91. The monoisotopic (exact) mass is 356 g/mol. The van der Waals surface area contributed by atoms with E-state index in [0.717, 1.165) is 12.8 Å². The number of hydrogen-bond donors (Lipinski definition) is 1. The van der Waals surface area contributed by atoms with E-state index in [1.165, 1.54) is 5.56 Å². The highest BCUT2D eigenvalue weighted by molar-refractivity contribution is 5.96. The second-order valence-corrected chi connectivity index (χ2v) is 7.47. The Morgan fingerprint density at radius 1 is 1.27 bits per heavy atom. The molecule has 2 heterocycles. The van der Waals surface area contributed by atoms with Crippen LogP contribution in [0.4, 0.5) is 5.69 Å². The number of benzene rings is 1. The molecule has 0 saturated carbocycles. The zero-order chi connectivity index (χ0) is 18.9. The molecule has 1 saturated heterocycles. The van der Waals surface area contributed by atoms with Crippen LogP contribution in [0, 0.1) is 10.1 Å². The van der Waals surface area contributed by atoms with Gasteiger partial charge in [-0.15, -0.1) is 0 Å². The maximum absolute atomic E-state index is 12.8. The molecular weight excluding hydrogens is 332 g/mol. The van der Waals surface area contributed by atoms with Crippen LogP contribution in [-0.2, 0) is 5.41 Å². The minimum Gasteiger partial charge on any atom is -0.337 e. The van der Waals surface area contributed by atoms with Crippen LogP contribution in [-0.4, -0.2) is 39.0 Å². The van der Waals surface area contributed by atoms with Gasteiger partial charge in [0.25, 0.3) is 5.91 Å². The van der Waals surface area contributed by atoms with E-state index < -0.39 is 4.92 Å². The number of nitrogens with zero attached hydrogens (tertiary/aromatic N) is 3. The van der Waals surface area contributed by atoms with Crippen LogP contribution >= 0.6 is 0 Å². The Morgan fingerprint density at radius 2 is 1.88 bits per heavy atom. The van der Waals surface area contributed by atoms with Crippen molar-refractivity contribution in [3.05, 3.63) is 57.4 Å². The summed E-state index contributed by atoms with van der Waals surface area (Å²) in [6.07, 6.45) is 1.63. The summed E-state index contributed by atoms with van der Waals surface area (Å²) < 4.78 is 0. The molecule has 1 aliphatic heterocycles. The first-order chi connectivity index (χ1) is 12.3. The van der Waals surface area contributed by atoms with Crippen molar-refractivity contribution in [2.45, 2.75) is 44.9 Å². The summed E-state index contributed by atoms with van der Waals surface area (Å²) in [7, 11) is 0. The number of nitrogens with one attached hydrogen (secondary N) is 1. The van der Waals surface area contributed by atoms with Gasteiger partial charge < -0.3 is 4.90 Å². The number of hydrogen-bond acceptors (Lipinski definition) is 4. The number of rotatable bonds is 4. The fourth-order valence-corrected chi connectivity index (χ4v) is 3.57. The summed E-state index contributed by atoms with van der Waals surface area (Å²) >= 11 is 0. The minimum absolute atomic E-state index is 0.0125. The number of likely N-dealkylation sites (tertiary alicyclic amines) is 1. The van der Waals surface area contributed by atoms with Crippen LogP contribution in [0.1, 0.15) is 61.3 Å². The fourth-order valence-electron chi connectivity index (χ4n) is 3.57. The molecule has 7 nitrogen and oxygen atoms in total. The Morgan fingerprint density at radius 3 is 2.42 bits per heavy atom. The first kappa shape index (κ1) is 18.1. The van der Waals surface area contributed by atoms with Crippen molar-refractivity contribution in [1.82, 2.24) is 15.1 Å². The standard InChI is InChI=1S/C19H24N4O3/c1-13(2)15-17(23(25)26)16(21-20-15)18(24)22-11-9-19(3,10-12-22)14-7-5-4-6-8-14/h4-8,13H,9-12H2,1-3H3,(H,20,21). The predicted octanol–water partition coefficient (Wildman–Crippen LogP) is 3.64. The SMILES string of the molecule is CC(C)c1[nH]nc(C(=O)N2CCC(C)(c3ccccc3)CC2)c1[N+](=O)[O-]. The topological polar surface area (TPSA) is 92.1 Å². The fraction of sp³-hybridized carbons (Fsp3) is 0.474. The van der Waals surface area contributed by atoms with Gasteiger partial charge in [-0.05, 0) is 23.8 Å². The molecule has 1 fully saturated rings. The van der Waals surface area contributed by atoms with Crippen molar-refractivity contribution in [1.29, 1.82) is 0 Å². The van der Waals surface area contributed by atoms with Crippen LogP contribution < -0.4 is 0 Å². The van der Waals surface area contributed by atoms with E-state index in [1.54, 1.807) is 4.90 Å². The first-order valence-corrected chi connectivity index (χ1v) is 8.91. The molecular formula is C19H24N4O3. The van der Waals surface area contributed by atoms with Crippen molar-refractivity contribution >= 4 is 11.6 Å². The normalized spacial score (nSPS) is 16.7. The molecule has 138 valence electrons. The lowest BCUT2D eigenvalue weighted by Gasteiger charge is -2.39. The molecule has 2 aromatic rings. The Bertz CT molecular complexity index is 805. The van der Waals surface area contributed by atoms with E-state index in [2.05, 4.69) is 29.3 Å². The molecule has 3 rings (SSSR count). The van der Waals surface area contributed by atoms with Crippen LogP contribution in [0.25, 0.3) is 0 Å². The third-order valence-corrected chi connectivity index (χ3v) is 5.36. The van der Waals surface area contributed by atoms with Crippen molar-refractivity contribution in [3.8, 4) is 0 Å². The van der Waals surface area contributed by atoms with E-state index in [9.17, 15) is 14.9 Å². The molecule has 0 aliphatic carbocycles. The molecule has 1 amide bonds. The average Bonchev–Trinajstić information content (AvgIpc) is 3.08. The van der Waals surface area contributed by atoms with Gasteiger partial charge >= 0.3 is 5.69 Å². The zero-order valence-electron chi connectivity index (χ0n) is 15.4. The molecule has 0 atom stereocenters. The van der Waals surface area contributed by atoms with Gasteiger partial charge in [-0.25, -0.2) is 0 Å². The second-order valence-electron chi connectivity index (χ2n) is 7.47. The van der Waals surface area contributed by atoms with Crippen molar-refractivity contribution in [2.24, 2.45) is 0 Å². The molecule has 7 heteroatoms. The van der Waals surface area contributed by atoms with Gasteiger partial charge in [-0.3, -0.25) is 20.0 Å². The third-order valence-electron chi connectivity index (χ3n) is 5.36. The van der Waals surface area contributed by atoms with Gasteiger partial charge in [0, 0.05) is 19.0 Å². The lowest BCUT2D eigenvalue weighted by atomic mass is 9.74. The van der Waals surface area contributed by atoms with Crippen LogP contribution in [0.5, 0.6) is 0 Å². The lowest BCUT2D eigenvalue weighted by Crippen LogP contribution is -2.44. The van der Waals surface area contributed by atoms with E-state index in [4.69, 9.17) is 0 Å². The number of amides is 1. The largest absolute Gasteiger partial charge is 0.337 e. The summed E-state index contributed by atoms with van der Waals surface area (Å²) in [5, 5.41) is 18.1. The molecule has 0 unspecified atom stereocenters. The highest BCUT2D eigenvalue weighted by Crippen LogP contribution is 2.36. The number of aromatic amines is 1. The Hall–Kier alpha value is -2.70. The second kappa shape index (κ2) is 6.90. The van der Waals surface area contributed by atoms with Crippen molar-refractivity contribution in [3.63, 3.8) is 0 Å². The molecule has 1 aromatic carbocycles. The lowest BCUT2D eigenvalue weighted by molar-refractivity contribution is -0.386. The minimum atomic E-state index is -0.510. The highest BCUT2D eigenvalue weighted by Gasteiger charge is 2.37. The molecule has 0 radical (unpaired) electrons. The maximum atomic E-state index is 12.8. The number of carbonyl (C=O) groups excluding carboxylic acids is 1. The zero-order valence-corrected chi connectivity index (χ0v) is 15.4.